The predicted octanol–water partition coefficient (Wildman–Crippen LogP) is 3.80. The van der Waals surface area contributed by atoms with Gasteiger partial charge in [0.25, 0.3) is 11.8 Å². The lowest BCUT2D eigenvalue weighted by atomic mass is 9.87. The third-order valence-electron chi connectivity index (χ3n) is 3.83. The van der Waals surface area contributed by atoms with Gasteiger partial charge in [-0.25, -0.2) is 0 Å². The van der Waals surface area contributed by atoms with Gasteiger partial charge in [0.15, 0.2) is 0 Å². The van der Waals surface area contributed by atoms with Crippen LogP contribution in [0.2, 0.25) is 5.02 Å². The summed E-state index contributed by atoms with van der Waals surface area (Å²) >= 11 is 5.98. The van der Waals surface area contributed by atoms with Crippen LogP contribution in [0.15, 0.2) is 48.5 Å². The van der Waals surface area contributed by atoms with Gasteiger partial charge in [-0.1, -0.05) is 56.6 Å². The third-order valence-corrected chi connectivity index (χ3v) is 4.16. The molecule has 0 heterocycles. The van der Waals surface area contributed by atoms with Gasteiger partial charge in [0.05, 0.1) is 10.6 Å². The lowest BCUT2D eigenvalue weighted by molar-refractivity contribution is 0.0927. The Balaban J connectivity index is 1.81. The molecule has 0 unspecified atom stereocenters. The summed E-state index contributed by atoms with van der Waals surface area (Å²) in [4.78, 5) is 24.1. The highest BCUT2D eigenvalue weighted by atomic mass is 35.5. The molecule has 2 rings (SSSR count). The molecule has 0 fully saturated rings. The minimum Gasteiger partial charge on any atom is -0.350 e. The summed E-state index contributed by atoms with van der Waals surface area (Å²) < 4.78 is 0. The number of nitrogens with one attached hydrogen (secondary N) is 2. The summed E-state index contributed by atoms with van der Waals surface area (Å²) in [5.74, 6) is -0.415. The van der Waals surface area contributed by atoms with Gasteiger partial charge in [0.1, 0.15) is 0 Å². The van der Waals surface area contributed by atoms with Gasteiger partial charge in [0, 0.05) is 18.7 Å². The zero-order chi connectivity index (χ0) is 18.4. The predicted molar refractivity (Wildman–Crippen MR) is 101 cm³/mol. The molecule has 0 aromatic heterocycles. The molecule has 0 saturated heterocycles. The number of rotatable bonds is 5. The topological polar surface area (TPSA) is 58.2 Å². The van der Waals surface area contributed by atoms with Crippen LogP contribution in [0.4, 0.5) is 0 Å². The molecule has 0 radical (unpaired) electrons. The number of hydrogen-bond donors (Lipinski definition) is 2. The van der Waals surface area contributed by atoms with Crippen LogP contribution in [-0.2, 0) is 5.41 Å². The van der Waals surface area contributed by atoms with E-state index in [1.807, 2.05) is 24.3 Å². The standard InChI is InChI=1S/C20H23ClN2O2/c1-20(2,3)15-10-8-14(9-11-15)18(24)22-12-13-23-19(25)16-6-4-5-7-17(16)21/h4-11H,12-13H2,1-3H3,(H,22,24)(H,23,25). The Morgan fingerprint density at radius 1 is 0.880 bits per heavy atom. The normalized spacial score (nSPS) is 11.0. The van der Waals surface area contributed by atoms with Crippen molar-refractivity contribution in [3.05, 3.63) is 70.2 Å². The second kappa shape index (κ2) is 8.17. The van der Waals surface area contributed by atoms with E-state index in [2.05, 4.69) is 31.4 Å². The molecule has 0 aliphatic heterocycles. The summed E-state index contributed by atoms with van der Waals surface area (Å²) in [5.41, 5.74) is 2.26. The van der Waals surface area contributed by atoms with Gasteiger partial charge < -0.3 is 10.6 Å². The van der Waals surface area contributed by atoms with Crippen LogP contribution in [0.25, 0.3) is 0 Å². The Hall–Kier alpha value is -2.33. The van der Waals surface area contributed by atoms with Crippen LogP contribution in [0, 0.1) is 0 Å². The SMILES string of the molecule is CC(C)(C)c1ccc(C(=O)NCCNC(=O)c2ccccc2Cl)cc1. The minimum atomic E-state index is -0.255. The van der Waals surface area contributed by atoms with E-state index < -0.39 is 0 Å². The summed E-state index contributed by atoms with van der Waals surface area (Å²) in [7, 11) is 0. The van der Waals surface area contributed by atoms with Gasteiger partial charge >= 0.3 is 0 Å². The highest BCUT2D eigenvalue weighted by Gasteiger charge is 2.14. The van der Waals surface area contributed by atoms with E-state index in [1.54, 1.807) is 24.3 Å². The Morgan fingerprint density at radius 2 is 1.44 bits per heavy atom. The van der Waals surface area contributed by atoms with E-state index in [4.69, 9.17) is 11.6 Å². The van der Waals surface area contributed by atoms with Crippen molar-refractivity contribution in [3.8, 4) is 0 Å². The van der Waals surface area contributed by atoms with Crippen LogP contribution < -0.4 is 10.6 Å². The minimum absolute atomic E-state index is 0.0536. The molecule has 5 heteroatoms. The first-order valence-corrected chi connectivity index (χ1v) is 8.58. The molecule has 0 atom stereocenters. The third kappa shape index (κ3) is 5.33. The Kier molecular flexibility index (Phi) is 6.21. The van der Waals surface area contributed by atoms with Gasteiger partial charge in [0.2, 0.25) is 0 Å². The molecule has 0 bridgehead atoms. The largest absolute Gasteiger partial charge is 0.350 e. The van der Waals surface area contributed by atoms with E-state index in [0.29, 0.717) is 29.2 Å². The molecule has 0 aliphatic carbocycles. The summed E-state index contributed by atoms with van der Waals surface area (Å²) in [5, 5.41) is 5.93. The van der Waals surface area contributed by atoms with E-state index in [-0.39, 0.29) is 17.2 Å². The number of carbonyl (C=O) groups is 2. The molecule has 2 aromatic rings. The fourth-order valence-corrected chi connectivity index (χ4v) is 2.54. The van der Waals surface area contributed by atoms with Crippen molar-refractivity contribution < 1.29 is 9.59 Å². The molecular formula is C20H23ClN2O2. The number of amides is 2. The van der Waals surface area contributed by atoms with Gasteiger partial charge in [-0.15, -0.1) is 0 Å². The summed E-state index contributed by atoms with van der Waals surface area (Å²) in [6.45, 7) is 7.06. The zero-order valence-electron chi connectivity index (χ0n) is 14.7. The Morgan fingerprint density at radius 3 is 2.00 bits per heavy atom. The molecular weight excluding hydrogens is 336 g/mol. The van der Waals surface area contributed by atoms with Crippen LogP contribution in [0.5, 0.6) is 0 Å². The monoisotopic (exact) mass is 358 g/mol. The molecule has 0 aliphatic rings. The molecule has 132 valence electrons. The van der Waals surface area contributed by atoms with E-state index in [9.17, 15) is 9.59 Å². The van der Waals surface area contributed by atoms with Crippen LogP contribution in [0.1, 0.15) is 47.1 Å². The first-order chi connectivity index (χ1) is 11.8. The molecule has 4 nitrogen and oxygen atoms in total. The Bertz CT molecular complexity index is 749. The maximum atomic E-state index is 12.1. The average molecular weight is 359 g/mol. The molecule has 2 N–H and O–H groups in total. The number of carbonyl (C=O) groups excluding carboxylic acids is 2. The van der Waals surface area contributed by atoms with Crippen LogP contribution in [-0.4, -0.2) is 24.9 Å². The molecule has 0 spiro atoms. The van der Waals surface area contributed by atoms with Crippen LogP contribution >= 0.6 is 11.6 Å². The number of benzene rings is 2. The van der Waals surface area contributed by atoms with Crippen molar-refractivity contribution in [1.29, 1.82) is 0 Å². The number of hydrogen-bond acceptors (Lipinski definition) is 2. The fraction of sp³-hybridized carbons (Fsp3) is 0.300. The van der Waals surface area contributed by atoms with Crippen molar-refractivity contribution in [2.45, 2.75) is 26.2 Å². The molecule has 2 aromatic carbocycles. The Labute approximate surface area is 153 Å². The van der Waals surface area contributed by atoms with Crippen molar-refractivity contribution in [2.75, 3.05) is 13.1 Å². The molecule has 0 saturated carbocycles. The maximum Gasteiger partial charge on any atom is 0.252 e. The fourth-order valence-electron chi connectivity index (χ4n) is 2.32. The van der Waals surface area contributed by atoms with Gasteiger partial charge in [-0.3, -0.25) is 9.59 Å². The second-order valence-corrected chi connectivity index (χ2v) is 7.23. The highest BCUT2D eigenvalue weighted by Crippen LogP contribution is 2.22. The summed E-state index contributed by atoms with van der Waals surface area (Å²) in [6.07, 6.45) is 0. The lowest BCUT2D eigenvalue weighted by Crippen LogP contribution is -2.34. The highest BCUT2D eigenvalue weighted by molar-refractivity contribution is 6.33. The van der Waals surface area contributed by atoms with Crippen molar-refractivity contribution in [3.63, 3.8) is 0 Å². The first kappa shape index (κ1) is 19.0. The summed E-state index contributed by atoms with van der Waals surface area (Å²) in [6, 6.07) is 14.4. The second-order valence-electron chi connectivity index (χ2n) is 6.82. The lowest BCUT2D eigenvalue weighted by Gasteiger charge is -2.19. The van der Waals surface area contributed by atoms with Crippen molar-refractivity contribution in [2.24, 2.45) is 0 Å². The molecule has 25 heavy (non-hydrogen) atoms. The first-order valence-electron chi connectivity index (χ1n) is 8.20. The van der Waals surface area contributed by atoms with Crippen molar-refractivity contribution in [1.82, 2.24) is 10.6 Å². The van der Waals surface area contributed by atoms with E-state index >= 15 is 0 Å². The quantitative estimate of drug-likeness (QED) is 0.799. The zero-order valence-corrected chi connectivity index (χ0v) is 15.5. The average Bonchev–Trinajstić information content (AvgIpc) is 2.58. The van der Waals surface area contributed by atoms with Crippen LogP contribution in [0.3, 0.4) is 0 Å². The molecule has 2 amide bonds. The van der Waals surface area contributed by atoms with Crippen molar-refractivity contribution >= 4 is 23.4 Å². The van der Waals surface area contributed by atoms with E-state index in [0.717, 1.165) is 0 Å². The number of halogens is 1. The van der Waals surface area contributed by atoms with Gasteiger partial charge in [-0.05, 0) is 35.2 Å². The smallest absolute Gasteiger partial charge is 0.252 e. The maximum absolute atomic E-state index is 12.1. The van der Waals surface area contributed by atoms with E-state index in [1.165, 1.54) is 5.56 Å². The van der Waals surface area contributed by atoms with Gasteiger partial charge in [-0.2, -0.15) is 0 Å².